The van der Waals surface area contributed by atoms with E-state index < -0.39 is 0 Å². The quantitative estimate of drug-likeness (QED) is 0.345. The van der Waals surface area contributed by atoms with Crippen LogP contribution in [0, 0.1) is 5.92 Å². The number of hydrogen-bond donors (Lipinski definition) is 5. The van der Waals surface area contributed by atoms with Gasteiger partial charge in [-0.05, 0) is 57.3 Å². The van der Waals surface area contributed by atoms with Crippen molar-refractivity contribution in [1.82, 2.24) is 39.6 Å². The molecule has 0 bridgehead atoms. The van der Waals surface area contributed by atoms with Crippen LogP contribution in [0.3, 0.4) is 0 Å². The summed E-state index contributed by atoms with van der Waals surface area (Å²) in [7, 11) is 0. The first-order valence-corrected chi connectivity index (χ1v) is 10.9. The maximum absolute atomic E-state index is 4.87. The van der Waals surface area contributed by atoms with Crippen LogP contribution in [0.1, 0.15) is 76.3 Å². The molecule has 3 heterocycles. The molecule has 0 atom stereocenters. The molecule has 1 aromatic rings. The number of nitrogens with zero attached hydrogens (tertiary/aromatic N) is 5. The summed E-state index contributed by atoms with van der Waals surface area (Å²) in [6, 6.07) is 0. The van der Waals surface area contributed by atoms with Gasteiger partial charge in [0, 0.05) is 38.4 Å². The number of piperidine rings is 2. The molecular formula is C20H55ClN10. The van der Waals surface area contributed by atoms with E-state index in [9.17, 15) is 0 Å². The minimum atomic E-state index is 0. The van der Waals surface area contributed by atoms with Gasteiger partial charge in [-0.2, -0.15) is 15.0 Å². The van der Waals surface area contributed by atoms with Gasteiger partial charge in [-0.15, -0.1) is 12.4 Å². The van der Waals surface area contributed by atoms with Crippen molar-refractivity contribution in [2.75, 3.05) is 47.8 Å². The predicted molar refractivity (Wildman–Crippen MR) is 143 cm³/mol. The third-order valence-electron chi connectivity index (χ3n) is 6.16. The molecule has 2 aliphatic heterocycles. The maximum atomic E-state index is 4.87. The summed E-state index contributed by atoms with van der Waals surface area (Å²) in [5.74, 6) is 3.32. The van der Waals surface area contributed by atoms with Crippen LogP contribution in [0.15, 0.2) is 0 Å². The maximum Gasteiger partial charge on any atom is 0.231 e. The summed E-state index contributed by atoms with van der Waals surface area (Å²) in [5, 5.41) is 3.56. The van der Waals surface area contributed by atoms with E-state index in [0.717, 1.165) is 56.5 Å². The number of anilines is 3. The Hall–Kier alpha value is -1.46. The lowest BCUT2D eigenvalue weighted by Crippen LogP contribution is -2.34. The predicted octanol–water partition coefficient (Wildman–Crippen LogP) is 5.90. The van der Waals surface area contributed by atoms with Crippen molar-refractivity contribution >= 4 is 30.3 Å². The minimum absolute atomic E-state index is 0. The standard InChI is InChI=1S/C20H34N6.ClH.4H3N.4H2/c1-4-10-17(11-5-1)16-21-18-22-19(25-12-6-2-7-13-25)24-20(23-18)26-14-8-3-9-15-26;;;;;;;;;/h17H,1-16H2,(H,21,22,23,24);1H;4*1H3;4*1H. The van der Waals surface area contributed by atoms with Crippen LogP contribution in [0.4, 0.5) is 17.8 Å². The van der Waals surface area contributed by atoms with E-state index in [2.05, 4.69) is 15.1 Å². The SMILES string of the molecule is C1CCC(CNc2nc(N3CCCCC3)nc(N3CCCCC3)n2)CC1.Cl.N.N.N.N.[HH].[HH].[HH].[HH]. The van der Waals surface area contributed by atoms with Crippen LogP contribution >= 0.6 is 12.4 Å². The molecule has 0 radical (unpaired) electrons. The summed E-state index contributed by atoms with van der Waals surface area (Å²) in [6.45, 7) is 5.30. The highest BCUT2D eigenvalue weighted by Crippen LogP contribution is 2.25. The lowest BCUT2D eigenvalue weighted by atomic mass is 9.89. The van der Waals surface area contributed by atoms with E-state index in [-0.39, 0.29) is 42.7 Å². The van der Waals surface area contributed by atoms with Gasteiger partial charge in [-0.1, -0.05) is 19.3 Å². The van der Waals surface area contributed by atoms with Gasteiger partial charge < -0.3 is 39.7 Å². The monoisotopic (exact) mass is 470 g/mol. The fourth-order valence-corrected chi connectivity index (χ4v) is 4.53. The van der Waals surface area contributed by atoms with E-state index in [1.165, 1.54) is 70.6 Å². The van der Waals surface area contributed by atoms with E-state index in [1.54, 1.807) is 0 Å². The third-order valence-corrected chi connectivity index (χ3v) is 6.16. The van der Waals surface area contributed by atoms with Gasteiger partial charge >= 0.3 is 0 Å². The van der Waals surface area contributed by atoms with Gasteiger partial charge in [0.25, 0.3) is 0 Å². The smallest absolute Gasteiger partial charge is 0.231 e. The third kappa shape index (κ3) is 8.89. The Balaban J connectivity index is -0.000000234. The van der Waals surface area contributed by atoms with Crippen LogP contribution in [-0.2, 0) is 0 Å². The first-order chi connectivity index (χ1) is 12.9. The molecule has 1 aliphatic carbocycles. The molecule has 3 fully saturated rings. The van der Waals surface area contributed by atoms with Crippen molar-refractivity contribution in [3.63, 3.8) is 0 Å². The van der Waals surface area contributed by atoms with E-state index in [0.29, 0.717) is 0 Å². The molecule has 2 saturated heterocycles. The zero-order chi connectivity index (χ0) is 17.6. The molecule has 0 unspecified atom stereocenters. The highest BCUT2D eigenvalue weighted by molar-refractivity contribution is 5.85. The zero-order valence-corrected chi connectivity index (χ0v) is 20.2. The Bertz CT molecular complexity index is 555. The summed E-state index contributed by atoms with van der Waals surface area (Å²) in [4.78, 5) is 19.2. The minimum Gasteiger partial charge on any atom is -0.354 e. The number of aromatic nitrogens is 3. The van der Waals surface area contributed by atoms with Gasteiger partial charge in [-0.25, -0.2) is 0 Å². The lowest BCUT2D eigenvalue weighted by Gasteiger charge is -2.30. The summed E-state index contributed by atoms with van der Waals surface area (Å²) >= 11 is 0. The Morgan fingerprint density at radius 3 is 1.52 bits per heavy atom. The highest BCUT2D eigenvalue weighted by atomic mass is 35.5. The molecule has 0 aromatic carbocycles. The second-order valence-electron chi connectivity index (χ2n) is 8.24. The van der Waals surface area contributed by atoms with Crippen LogP contribution in [0.5, 0.6) is 0 Å². The van der Waals surface area contributed by atoms with E-state index in [1.807, 2.05) is 0 Å². The number of halogens is 1. The van der Waals surface area contributed by atoms with Crippen molar-refractivity contribution < 1.29 is 5.71 Å². The van der Waals surface area contributed by atoms with E-state index >= 15 is 0 Å². The first kappa shape index (κ1) is 31.7. The van der Waals surface area contributed by atoms with Crippen molar-refractivity contribution in [2.24, 2.45) is 5.92 Å². The number of hydrogen-bond acceptors (Lipinski definition) is 10. The molecule has 1 aromatic heterocycles. The summed E-state index contributed by atoms with van der Waals surface area (Å²) in [5.41, 5.74) is 0. The Morgan fingerprint density at radius 2 is 1.06 bits per heavy atom. The summed E-state index contributed by atoms with van der Waals surface area (Å²) in [6.07, 6.45) is 14.5. The van der Waals surface area contributed by atoms with Crippen molar-refractivity contribution in [3.8, 4) is 0 Å². The molecule has 192 valence electrons. The molecule has 0 amide bonds. The zero-order valence-electron chi connectivity index (χ0n) is 19.4. The largest absolute Gasteiger partial charge is 0.354 e. The molecule has 1 saturated carbocycles. The topological polar surface area (TPSA) is 197 Å². The second kappa shape index (κ2) is 16.2. The van der Waals surface area contributed by atoms with Crippen LogP contribution in [0.25, 0.3) is 0 Å². The Kier molecular flexibility index (Phi) is 16.6. The average molecular weight is 471 g/mol. The van der Waals surface area contributed by atoms with Gasteiger partial charge in [0.15, 0.2) is 0 Å². The van der Waals surface area contributed by atoms with Crippen molar-refractivity contribution in [2.45, 2.75) is 70.6 Å². The normalized spacial score (nSPS) is 18.8. The average Bonchev–Trinajstić information content (AvgIpc) is 2.74. The molecule has 10 nitrogen and oxygen atoms in total. The van der Waals surface area contributed by atoms with Gasteiger partial charge in [0.2, 0.25) is 17.8 Å². The van der Waals surface area contributed by atoms with E-state index in [4.69, 9.17) is 15.0 Å². The van der Waals surface area contributed by atoms with Crippen molar-refractivity contribution in [1.29, 1.82) is 0 Å². The summed E-state index contributed by atoms with van der Waals surface area (Å²) < 4.78 is 0. The number of nitrogens with one attached hydrogen (secondary N) is 1. The molecule has 11 heteroatoms. The molecule has 3 aliphatic rings. The Morgan fingerprint density at radius 1 is 0.645 bits per heavy atom. The second-order valence-corrected chi connectivity index (χ2v) is 8.24. The number of rotatable bonds is 5. The fraction of sp³-hybridized carbons (Fsp3) is 0.850. The molecule has 4 rings (SSSR count). The van der Waals surface area contributed by atoms with Gasteiger partial charge in [-0.3, -0.25) is 0 Å². The van der Waals surface area contributed by atoms with Gasteiger partial charge in [0.1, 0.15) is 0 Å². The molecule has 31 heavy (non-hydrogen) atoms. The lowest BCUT2D eigenvalue weighted by molar-refractivity contribution is 0.373. The highest BCUT2D eigenvalue weighted by Gasteiger charge is 2.21. The van der Waals surface area contributed by atoms with Crippen LogP contribution in [0.2, 0.25) is 0 Å². The van der Waals surface area contributed by atoms with Crippen LogP contribution in [-0.4, -0.2) is 47.7 Å². The molecule has 0 spiro atoms. The fourth-order valence-electron chi connectivity index (χ4n) is 4.53. The molecular weight excluding hydrogens is 416 g/mol. The van der Waals surface area contributed by atoms with Crippen molar-refractivity contribution in [3.05, 3.63) is 0 Å². The first-order valence-electron chi connectivity index (χ1n) is 10.9. The Labute approximate surface area is 200 Å². The van der Waals surface area contributed by atoms with Crippen LogP contribution < -0.4 is 39.7 Å². The molecule has 13 N–H and O–H groups in total. The van der Waals surface area contributed by atoms with Gasteiger partial charge in [0.05, 0.1) is 0 Å².